The van der Waals surface area contributed by atoms with Crippen LogP contribution in [0.4, 0.5) is 0 Å². The van der Waals surface area contributed by atoms with Gasteiger partial charge in [0.05, 0.1) is 6.04 Å². The van der Waals surface area contributed by atoms with E-state index in [0.29, 0.717) is 6.61 Å². The molecule has 2 unspecified atom stereocenters. The van der Waals surface area contributed by atoms with Gasteiger partial charge >= 0.3 is 0 Å². The fourth-order valence-electron chi connectivity index (χ4n) is 3.53. The summed E-state index contributed by atoms with van der Waals surface area (Å²) in [6.07, 6.45) is 4.08. The number of fused-ring (bicyclic) bond motifs is 1. The summed E-state index contributed by atoms with van der Waals surface area (Å²) in [6, 6.07) is 3.37. The number of amides is 2. The number of benzene rings is 1. The summed E-state index contributed by atoms with van der Waals surface area (Å²) in [7, 11) is 0. The topological polar surface area (TPSA) is 67.4 Å². The first-order chi connectivity index (χ1) is 11.5. The van der Waals surface area contributed by atoms with Crippen LogP contribution in [0.15, 0.2) is 12.1 Å². The molecule has 0 spiro atoms. The number of nitrogens with one attached hydrogen (secondary N) is 2. The Hall–Kier alpha value is -2.04. The van der Waals surface area contributed by atoms with Gasteiger partial charge in [-0.2, -0.15) is 0 Å². The van der Waals surface area contributed by atoms with Crippen molar-refractivity contribution in [2.75, 3.05) is 6.61 Å². The highest BCUT2D eigenvalue weighted by atomic mass is 16.5. The van der Waals surface area contributed by atoms with E-state index in [2.05, 4.69) is 10.6 Å². The van der Waals surface area contributed by atoms with Crippen molar-refractivity contribution in [3.8, 4) is 5.75 Å². The van der Waals surface area contributed by atoms with Crippen molar-refractivity contribution >= 4 is 11.8 Å². The Morgan fingerprint density at radius 3 is 2.62 bits per heavy atom. The third-order valence-corrected chi connectivity index (χ3v) is 5.27. The van der Waals surface area contributed by atoms with Crippen LogP contribution in [0.5, 0.6) is 5.75 Å². The van der Waals surface area contributed by atoms with Crippen LogP contribution in [0.3, 0.4) is 0 Å². The molecule has 5 nitrogen and oxygen atoms in total. The maximum atomic E-state index is 12.4. The van der Waals surface area contributed by atoms with Crippen molar-refractivity contribution in [3.05, 3.63) is 28.8 Å². The lowest BCUT2D eigenvalue weighted by atomic mass is 10.0. The second-order valence-electron chi connectivity index (χ2n) is 7.01. The minimum atomic E-state index is -0.534. The molecule has 1 fully saturated rings. The van der Waals surface area contributed by atoms with E-state index in [9.17, 15) is 9.59 Å². The van der Waals surface area contributed by atoms with Gasteiger partial charge in [0.25, 0.3) is 0 Å². The SMILES string of the molecule is Cc1ccc2c(c1C)OCC2NC(=O)C(C)NC(=O)C1CCCC1. The second-order valence-corrected chi connectivity index (χ2v) is 7.01. The van der Waals surface area contributed by atoms with Gasteiger partial charge in [0.15, 0.2) is 0 Å². The van der Waals surface area contributed by atoms with E-state index >= 15 is 0 Å². The molecule has 0 bridgehead atoms. The molecule has 1 aliphatic heterocycles. The van der Waals surface area contributed by atoms with Crippen molar-refractivity contribution in [1.82, 2.24) is 10.6 Å². The highest BCUT2D eigenvalue weighted by Crippen LogP contribution is 2.36. The Morgan fingerprint density at radius 2 is 1.92 bits per heavy atom. The second kappa shape index (κ2) is 6.83. The van der Waals surface area contributed by atoms with E-state index in [4.69, 9.17) is 4.74 Å². The normalized spacial score (nSPS) is 21.0. The Kier molecular flexibility index (Phi) is 4.78. The van der Waals surface area contributed by atoms with E-state index in [-0.39, 0.29) is 23.8 Å². The Balaban J connectivity index is 1.60. The van der Waals surface area contributed by atoms with Gasteiger partial charge in [-0.1, -0.05) is 25.0 Å². The van der Waals surface area contributed by atoms with Crippen LogP contribution in [0.25, 0.3) is 0 Å². The smallest absolute Gasteiger partial charge is 0.242 e. The van der Waals surface area contributed by atoms with Crippen LogP contribution >= 0.6 is 0 Å². The summed E-state index contributed by atoms with van der Waals surface area (Å²) >= 11 is 0. The van der Waals surface area contributed by atoms with E-state index in [1.807, 2.05) is 26.0 Å². The molecule has 24 heavy (non-hydrogen) atoms. The molecule has 1 heterocycles. The number of aryl methyl sites for hydroxylation is 1. The molecule has 5 heteroatoms. The highest BCUT2D eigenvalue weighted by molar-refractivity contribution is 5.88. The zero-order chi connectivity index (χ0) is 17.3. The standard InChI is InChI=1S/C19H26N2O3/c1-11-8-9-15-16(10-24-17(15)12(11)2)21-18(22)13(3)20-19(23)14-6-4-5-7-14/h8-9,13-14,16H,4-7,10H2,1-3H3,(H,20,23)(H,21,22). The summed E-state index contributed by atoms with van der Waals surface area (Å²) in [6.45, 7) is 6.25. The minimum absolute atomic E-state index is 0.00434. The maximum absolute atomic E-state index is 12.4. The van der Waals surface area contributed by atoms with Crippen LogP contribution < -0.4 is 15.4 Å². The Bertz CT molecular complexity index is 650. The number of hydrogen-bond donors (Lipinski definition) is 2. The highest BCUT2D eigenvalue weighted by Gasteiger charge is 2.30. The molecule has 130 valence electrons. The van der Waals surface area contributed by atoms with Gasteiger partial charge < -0.3 is 15.4 Å². The Labute approximate surface area is 143 Å². The van der Waals surface area contributed by atoms with Crippen molar-refractivity contribution in [3.63, 3.8) is 0 Å². The van der Waals surface area contributed by atoms with Crippen LogP contribution in [0.2, 0.25) is 0 Å². The number of ether oxygens (including phenoxy) is 1. The first-order valence-electron chi connectivity index (χ1n) is 8.81. The van der Waals surface area contributed by atoms with E-state index in [0.717, 1.165) is 42.6 Å². The molecule has 2 atom stereocenters. The van der Waals surface area contributed by atoms with Gasteiger partial charge in [-0.05, 0) is 44.7 Å². The van der Waals surface area contributed by atoms with Crippen LogP contribution in [-0.2, 0) is 9.59 Å². The summed E-state index contributed by atoms with van der Waals surface area (Å²) in [4.78, 5) is 24.6. The molecule has 0 saturated heterocycles. The van der Waals surface area contributed by atoms with Gasteiger partial charge in [-0.3, -0.25) is 9.59 Å². The van der Waals surface area contributed by atoms with Crippen molar-refractivity contribution in [2.24, 2.45) is 5.92 Å². The molecule has 1 aromatic carbocycles. The largest absolute Gasteiger partial charge is 0.490 e. The fraction of sp³-hybridized carbons (Fsp3) is 0.579. The van der Waals surface area contributed by atoms with Crippen LogP contribution in [0, 0.1) is 19.8 Å². The molecular weight excluding hydrogens is 304 g/mol. The van der Waals surface area contributed by atoms with E-state index in [1.54, 1.807) is 6.92 Å². The van der Waals surface area contributed by atoms with Crippen LogP contribution in [0.1, 0.15) is 55.3 Å². The monoisotopic (exact) mass is 330 g/mol. The molecule has 1 aliphatic carbocycles. The molecule has 0 aromatic heterocycles. The molecule has 0 radical (unpaired) electrons. The third-order valence-electron chi connectivity index (χ3n) is 5.27. The molecule has 2 aliphatic rings. The number of rotatable bonds is 4. The molecule has 1 aromatic rings. The average Bonchev–Trinajstić information content (AvgIpc) is 3.21. The van der Waals surface area contributed by atoms with Crippen molar-refractivity contribution in [1.29, 1.82) is 0 Å². The zero-order valence-corrected chi connectivity index (χ0v) is 14.6. The minimum Gasteiger partial charge on any atom is -0.490 e. The lowest BCUT2D eigenvalue weighted by molar-refractivity contribution is -0.131. The lowest BCUT2D eigenvalue weighted by Gasteiger charge is -2.19. The van der Waals surface area contributed by atoms with Gasteiger partial charge in [0.1, 0.15) is 18.4 Å². The summed E-state index contributed by atoms with van der Waals surface area (Å²) < 4.78 is 5.76. The predicted molar refractivity (Wildman–Crippen MR) is 91.9 cm³/mol. The average molecular weight is 330 g/mol. The summed E-state index contributed by atoms with van der Waals surface area (Å²) in [5.74, 6) is 0.787. The van der Waals surface area contributed by atoms with E-state index < -0.39 is 6.04 Å². The molecular formula is C19H26N2O3. The third kappa shape index (κ3) is 3.25. The molecule has 2 amide bonds. The predicted octanol–water partition coefficient (Wildman–Crippen LogP) is 2.55. The summed E-state index contributed by atoms with van der Waals surface area (Å²) in [5, 5.41) is 5.85. The molecule has 3 rings (SSSR count). The quantitative estimate of drug-likeness (QED) is 0.891. The van der Waals surface area contributed by atoms with Gasteiger partial charge in [0.2, 0.25) is 11.8 Å². The number of carbonyl (C=O) groups is 2. The number of hydrogen-bond acceptors (Lipinski definition) is 3. The molecule has 2 N–H and O–H groups in total. The number of carbonyl (C=O) groups excluding carboxylic acids is 2. The van der Waals surface area contributed by atoms with Crippen LogP contribution in [-0.4, -0.2) is 24.5 Å². The molecule has 1 saturated carbocycles. The first kappa shape index (κ1) is 16.8. The first-order valence-corrected chi connectivity index (χ1v) is 8.81. The van der Waals surface area contributed by atoms with E-state index in [1.165, 1.54) is 5.56 Å². The van der Waals surface area contributed by atoms with Gasteiger partial charge in [-0.15, -0.1) is 0 Å². The van der Waals surface area contributed by atoms with Crippen molar-refractivity contribution < 1.29 is 14.3 Å². The van der Waals surface area contributed by atoms with Crippen molar-refractivity contribution in [2.45, 2.75) is 58.5 Å². The summed E-state index contributed by atoms with van der Waals surface area (Å²) in [5.41, 5.74) is 3.31. The maximum Gasteiger partial charge on any atom is 0.242 e. The zero-order valence-electron chi connectivity index (χ0n) is 14.6. The fourth-order valence-corrected chi connectivity index (χ4v) is 3.53. The Morgan fingerprint density at radius 1 is 1.21 bits per heavy atom. The lowest BCUT2D eigenvalue weighted by Crippen LogP contribution is -2.47. The van der Waals surface area contributed by atoms with Gasteiger partial charge in [0, 0.05) is 11.5 Å². The van der Waals surface area contributed by atoms with Gasteiger partial charge in [-0.25, -0.2) is 0 Å².